The van der Waals surface area contributed by atoms with E-state index < -0.39 is 0 Å². The van der Waals surface area contributed by atoms with Crippen LogP contribution in [0.5, 0.6) is 0 Å². The summed E-state index contributed by atoms with van der Waals surface area (Å²) < 4.78 is 0. The second-order valence-corrected chi connectivity index (χ2v) is 5.64. The summed E-state index contributed by atoms with van der Waals surface area (Å²) in [4.78, 5) is 0. The number of aliphatic hydroxyl groups excluding tert-OH is 1. The third-order valence-electron chi connectivity index (χ3n) is 4.51. The minimum atomic E-state index is 0.139. The summed E-state index contributed by atoms with van der Waals surface area (Å²) in [5.41, 5.74) is 2.32. The first kappa shape index (κ1) is 11.2. The Morgan fingerprint density at radius 1 is 1.06 bits per heavy atom. The summed E-state index contributed by atoms with van der Waals surface area (Å²) in [5, 5.41) is 12.7. The Kier molecular flexibility index (Phi) is 3.17. The van der Waals surface area contributed by atoms with E-state index in [1.54, 1.807) is 0 Å². The van der Waals surface area contributed by atoms with Crippen molar-refractivity contribution in [1.29, 1.82) is 0 Å². The van der Waals surface area contributed by atoms with Crippen LogP contribution >= 0.6 is 0 Å². The Morgan fingerprint density at radius 2 is 1.82 bits per heavy atom. The van der Waals surface area contributed by atoms with Gasteiger partial charge in [0, 0.05) is 12.6 Å². The van der Waals surface area contributed by atoms with Gasteiger partial charge in [-0.25, -0.2) is 0 Å². The van der Waals surface area contributed by atoms with Crippen molar-refractivity contribution in [1.82, 2.24) is 5.32 Å². The molecule has 92 valence electrons. The molecule has 1 aromatic carbocycles. The van der Waals surface area contributed by atoms with Crippen LogP contribution in [-0.4, -0.2) is 11.1 Å². The summed E-state index contributed by atoms with van der Waals surface area (Å²) >= 11 is 0. The van der Waals surface area contributed by atoms with Gasteiger partial charge in [-0.2, -0.15) is 0 Å². The molecule has 17 heavy (non-hydrogen) atoms. The van der Waals surface area contributed by atoms with Gasteiger partial charge in [0.2, 0.25) is 0 Å². The van der Waals surface area contributed by atoms with Crippen molar-refractivity contribution in [2.75, 3.05) is 0 Å². The smallest absolute Gasteiger partial charge is 0.0681 e. The van der Waals surface area contributed by atoms with Gasteiger partial charge >= 0.3 is 0 Å². The van der Waals surface area contributed by atoms with Crippen molar-refractivity contribution < 1.29 is 5.11 Å². The molecule has 3 unspecified atom stereocenters. The van der Waals surface area contributed by atoms with Crippen LogP contribution < -0.4 is 5.32 Å². The predicted octanol–water partition coefficient (Wildman–Crippen LogP) is 2.46. The molecular weight excluding hydrogens is 210 g/mol. The summed E-state index contributed by atoms with van der Waals surface area (Å²) in [6, 6.07) is 9.01. The van der Waals surface area contributed by atoms with E-state index in [0.29, 0.717) is 0 Å². The van der Waals surface area contributed by atoms with Crippen LogP contribution in [0.15, 0.2) is 24.3 Å². The highest BCUT2D eigenvalue weighted by molar-refractivity contribution is 5.21. The highest BCUT2D eigenvalue weighted by Crippen LogP contribution is 2.44. The Labute approximate surface area is 103 Å². The number of nitrogens with one attached hydrogen (secondary N) is 1. The van der Waals surface area contributed by atoms with E-state index in [1.165, 1.54) is 31.2 Å². The molecule has 2 saturated carbocycles. The van der Waals surface area contributed by atoms with Crippen molar-refractivity contribution in [3.63, 3.8) is 0 Å². The highest BCUT2D eigenvalue weighted by atomic mass is 16.3. The van der Waals surface area contributed by atoms with E-state index in [9.17, 15) is 0 Å². The second-order valence-electron chi connectivity index (χ2n) is 5.64. The van der Waals surface area contributed by atoms with E-state index in [2.05, 4.69) is 17.4 Å². The van der Waals surface area contributed by atoms with E-state index in [4.69, 9.17) is 5.11 Å². The van der Waals surface area contributed by atoms with Gasteiger partial charge in [0.1, 0.15) is 0 Å². The normalized spacial score (nSPS) is 31.0. The number of rotatable bonds is 4. The van der Waals surface area contributed by atoms with Gasteiger partial charge in [-0.05, 0) is 42.2 Å². The molecular formula is C15H21NO. The molecule has 2 heteroatoms. The Morgan fingerprint density at radius 3 is 2.41 bits per heavy atom. The highest BCUT2D eigenvalue weighted by Gasteiger charge is 2.38. The van der Waals surface area contributed by atoms with Crippen LogP contribution in [0.1, 0.15) is 36.8 Å². The SMILES string of the molecule is OCc1ccc(CNC2CC3CCC2C3)cc1. The lowest BCUT2D eigenvalue weighted by molar-refractivity contribution is 0.282. The second kappa shape index (κ2) is 4.79. The van der Waals surface area contributed by atoms with Gasteiger partial charge in [0.15, 0.2) is 0 Å². The van der Waals surface area contributed by atoms with Crippen LogP contribution in [-0.2, 0) is 13.2 Å². The first-order valence-corrected chi connectivity index (χ1v) is 6.77. The zero-order valence-electron chi connectivity index (χ0n) is 10.2. The van der Waals surface area contributed by atoms with Gasteiger partial charge in [-0.15, -0.1) is 0 Å². The molecule has 0 spiro atoms. The summed E-state index contributed by atoms with van der Waals surface area (Å²) in [5.74, 6) is 1.95. The molecule has 0 aliphatic heterocycles. The standard InChI is InChI=1S/C15H21NO/c17-10-12-3-1-11(2-4-12)9-16-15-8-13-5-6-14(15)7-13/h1-4,13-17H,5-10H2. The molecule has 2 nitrogen and oxygen atoms in total. The van der Waals surface area contributed by atoms with E-state index >= 15 is 0 Å². The Hall–Kier alpha value is -0.860. The molecule has 1 aromatic rings. The summed E-state index contributed by atoms with van der Waals surface area (Å²) in [6.07, 6.45) is 5.75. The van der Waals surface area contributed by atoms with Crippen molar-refractivity contribution in [3.05, 3.63) is 35.4 Å². The number of benzene rings is 1. The lowest BCUT2D eigenvalue weighted by Gasteiger charge is -2.23. The Balaban J connectivity index is 1.53. The third kappa shape index (κ3) is 2.38. The molecule has 0 radical (unpaired) electrons. The topological polar surface area (TPSA) is 32.3 Å². The van der Waals surface area contributed by atoms with Gasteiger partial charge in [-0.3, -0.25) is 0 Å². The van der Waals surface area contributed by atoms with Gasteiger partial charge in [-0.1, -0.05) is 30.7 Å². The molecule has 2 aliphatic carbocycles. The molecule has 2 fully saturated rings. The maximum absolute atomic E-state index is 8.99. The monoisotopic (exact) mass is 231 g/mol. The molecule has 0 saturated heterocycles. The summed E-state index contributed by atoms with van der Waals surface area (Å²) in [7, 11) is 0. The molecule has 3 rings (SSSR count). The van der Waals surface area contributed by atoms with Gasteiger partial charge < -0.3 is 10.4 Å². The van der Waals surface area contributed by atoms with Crippen LogP contribution in [0.3, 0.4) is 0 Å². The molecule has 2 N–H and O–H groups in total. The zero-order valence-corrected chi connectivity index (χ0v) is 10.2. The maximum Gasteiger partial charge on any atom is 0.0681 e. The van der Waals surface area contributed by atoms with Crippen molar-refractivity contribution in [2.24, 2.45) is 11.8 Å². The van der Waals surface area contributed by atoms with Crippen LogP contribution in [0.25, 0.3) is 0 Å². The molecule has 2 bridgehead atoms. The fraction of sp³-hybridized carbons (Fsp3) is 0.600. The number of hydrogen-bond donors (Lipinski definition) is 2. The zero-order chi connectivity index (χ0) is 11.7. The number of fused-ring (bicyclic) bond motifs is 2. The van der Waals surface area contributed by atoms with Crippen LogP contribution in [0, 0.1) is 11.8 Å². The van der Waals surface area contributed by atoms with Crippen LogP contribution in [0.2, 0.25) is 0 Å². The fourth-order valence-electron chi connectivity index (χ4n) is 3.51. The lowest BCUT2D eigenvalue weighted by Crippen LogP contribution is -2.33. The van der Waals surface area contributed by atoms with Crippen LogP contribution in [0.4, 0.5) is 0 Å². The van der Waals surface area contributed by atoms with Gasteiger partial charge in [0.25, 0.3) is 0 Å². The molecule has 0 amide bonds. The largest absolute Gasteiger partial charge is 0.392 e. The quantitative estimate of drug-likeness (QED) is 0.834. The average molecular weight is 231 g/mol. The van der Waals surface area contributed by atoms with Crippen molar-refractivity contribution >= 4 is 0 Å². The van der Waals surface area contributed by atoms with Crippen molar-refractivity contribution in [2.45, 2.75) is 44.9 Å². The first-order valence-electron chi connectivity index (χ1n) is 6.77. The average Bonchev–Trinajstić information content (AvgIpc) is 2.99. The molecule has 0 heterocycles. The van der Waals surface area contributed by atoms with E-state index in [1.807, 2.05) is 12.1 Å². The summed E-state index contributed by atoms with van der Waals surface area (Å²) in [6.45, 7) is 1.11. The van der Waals surface area contributed by atoms with Crippen molar-refractivity contribution in [3.8, 4) is 0 Å². The minimum absolute atomic E-state index is 0.139. The maximum atomic E-state index is 8.99. The predicted molar refractivity (Wildman–Crippen MR) is 68.4 cm³/mol. The minimum Gasteiger partial charge on any atom is -0.392 e. The van der Waals surface area contributed by atoms with E-state index in [-0.39, 0.29) is 6.61 Å². The number of hydrogen-bond acceptors (Lipinski definition) is 2. The third-order valence-corrected chi connectivity index (χ3v) is 4.51. The fourth-order valence-corrected chi connectivity index (χ4v) is 3.51. The van der Waals surface area contributed by atoms with Gasteiger partial charge in [0.05, 0.1) is 6.61 Å². The molecule has 2 aliphatic rings. The lowest BCUT2D eigenvalue weighted by atomic mass is 9.95. The number of aliphatic hydroxyl groups is 1. The first-order chi connectivity index (χ1) is 8.35. The molecule has 3 atom stereocenters. The van der Waals surface area contributed by atoms with E-state index in [0.717, 1.165) is 30.0 Å². The molecule has 0 aromatic heterocycles. The Bertz CT molecular complexity index is 373.